The van der Waals surface area contributed by atoms with E-state index in [-0.39, 0.29) is 138 Å². The molecule has 16 heterocycles. The smallest absolute Gasteiger partial charge is 0.245 e. The lowest BCUT2D eigenvalue weighted by molar-refractivity contribution is -0.168. The van der Waals surface area contributed by atoms with Gasteiger partial charge in [-0.15, -0.1) is 0 Å². The lowest BCUT2D eigenvalue weighted by Gasteiger charge is -2.58. The molecule has 4 saturated heterocycles. The Hall–Kier alpha value is -13.3. The van der Waals surface area contributed by atoms with Gasteiger partial charge in [-0.2, -0.15) is 0 Å². The van der Waals surface area contributed by atoms with Crippen LogP contribution in [0.5, 0.6) is 115 Å². The second-order valence-electron chi connectivity index (χ2n) is 38.2. The number of phenolic OH excluding ortho intramolecular Hbond substituents is 8. The van der Waals surface area contributed by atoms with E-state index in [1.807, 2.05) is 80.8 Å². The first kappa shape index (κ1) is 91.1. The van der Waals surface area contributed by atoms with Crippen molar-refractivity contribution in [1.82, 2.24) is 39.2 Å². The Kier molecular flexibility index (Phi) is 21.6. The summed E-state index contributed by atoms with van der Waals surface area (Å²) in [7, 11) is 13.3. The second kappa shape index (κ2) is 32.7. The molecule has 2 unspecified atom stereocenters. The third kappa shape index (κ3) is 12.2. The average molecular weight is 1900 g/mol. The summed E-state index contributed by atoms with van der Waals surface area (Å²) in [4.78, 5) is 83.5. The number of hydrogen-bond acceptors (Lipinski definition) is 34. The van der Waals surface area contributed by atoms with E-state index in [0.29, 0.717) is 168 Å². The number of carbonyl (C=O) groups excluding carboxylic acids is 5. The predicted octanol–water partition coefficient (Wildman–Crippen LogP) is 6.96. The zero-order valence-electron chi connectivity index (χ0n) is 78.6. The summed E-state index contributed by atoms with van der Waals surface area (Å²) in [6.07, 6.45) is 2.35. The molecule has 138 heavy (non-hydrogen) atoms. The zero-order chi connectivity index (χ0) is 97.9. The monoisotopic (exact) mass is 1900 g/mol. The first-order chi connectivity index (χ1) is 66.0. The summed E-state index contributed by atoms with van der Waals surface area (Å²) in [5.74, 6) is 2.95. The molecule has 16 atom stereocenters. The average Bonchev–Trinajstić information content (AvgIpc) is 1.02. The Labute approximate surface area is 791 Å². The number of methoxy groups -OCH3 is 4. The number of nitrogens with zero attached hydrogens (tertiary/aromatic N) is 8. The largest absolute Gasteiger partial charge is 0.507 e. The van der Waals surface area contributed by atoms with Crippen LogP contribution in [-0.2, 0) is 51.3 Å². The molecule has 24 rings (SSSR count). The normalized spacial score (nSPS) is 26.5. The summed E-state index contributed by atoms with van der Waals surface area (Å²) in [6.45, 7) is 12.4. The molecule has 38 heteroatoms. The Morgan fingerprint density at radius 1 is 0.348 bits per heavy atom. The summed E-state index contributed by atoms with van der Waals surface area (Å²) in [6, 6.07) is -2.10. The number of hydrogen-bond donors (Lipinski definition) is 13. The number of likely N-dealkylation sites (N-methyl/N-ethyl adjacent to an activating group) is 4. The fourth-order valence-corrected chi connectivity index (χ4v) is 25.8. The van der Waals surface area contributed by atoms with Gasteiger partial charge in [-0.05, 0) is 166 Å². The van der Waals surface area contributed by atoms with Gasteiger partial charge in [0.15, 0.2) is 97.8 Å². The minimum Gasteiger partial charge on any atom is -0.507 e. The number of fused-ring (bicyclic) bond motifs is 36. The number of ketones is 1. The number of aryl methyl sites for hydroxylation is 4. The molecule has 16 aliphatic rings. The highest BCUT2D eigenvalue weighted by molar-refractivity contribution is 6.10. The maximum absolute atomic E-state index is 14.1. The van der Waals surface area contributed by atoms with Crippen molar-refractivity contribution in [3.8, 4) is 115 Å². The summed E-state index contributed by atoms with van der Waals surface area (Å²) >= 11 is 0. The van der Waals surface area contributed by atoms with E-state index < -0.39 is 110 Å². The van der Waals surface area contributed by atoms with E-state index in [0.717, 1.165) is 50.1 Å². The molecule has 38 nitrogen and oxygen atoms in total. The molecule has 8 aromatic carbocycles. The highest BCUT2D eigenvalue weighted by atomic mass is 16.7. The van der Waals surface area contributed by atoms with Crippen molar-refractivity contribution in [3.63, 3.8) is 0 Å². The van der Waals surface area contributed by atoms with Gasteiger partial charge < -0.3 is 143 Å². The van der Waals surface area contributed by atoms with Crippen LogP contribution >= 0.6 is 0 Å². The zero-order valence-corrected chi connectivity index (χ0v) is 78.6. The first-order valence-electron chi connectivity index (χ1n) is 45.7. The number of aliphatic hydroxyl groups excluding tert-OH is 5. The predicted molar refractivity (Wildman–Crippen MR) is 484 cm³/mol. The Morgan fingerprint density at radius 3 is 1.19 bits per heavy atom. The molecule has 4 fully saturated rings. The van der Waals surface area contributed by atoms with Gasteiger partial charge >= 0.3 is 0 Å². The third-order valence-electron chi connectivity index (χ3n) is 31.8. The number of phenols is 8. The summed E-state index contributed by atoms with van der Waals surface area (Å²) in [5, 5.41) is 143. The number of benzene rings is 8. The van der Waals surface area contributed by atoms with E-state index >= 15 is 0 Å². The van der Waals surface area contributed by atoms with Crippen LogP contribution in [0.4, 0.5) is 0 Å². The Bertz CT molecular complexity index is 6720. The van der Waals surface area contributed by atoms with Crippen LogP contribution in [0.2, 0.25) is 0 Å². The third-order valence-corrected chi connectivity index (χ3v) is 31.8. The number of rotatable bonds is 8. The van der Waals surface area contributed by atoms with Crippen LogP contribution < -0.4 is 56.8 Å². The maximum Gasteiger partial charge on any atom is 0.245 e. The Balaban J connectivity index is 0.000000110. The number of ether oxygens (including phenoxy) is 12. The van der Waals surface area contributed by atoms with E-state index in [2.05, 4.69) is 0 Å². The molecule has 728 valence electrons. The molecule has 0 aliphatic carbocycles. The van der Waals surface area contributed by atoms with Gasteiger partial charge in [0, 0.05) is 89.1 Å². The first-order valence-corrected chi connectivity index (χ1v) is 45.7. The van der Waals surface area contributed by atoms with Crippen molar-refractivity contribution in [2.45, 2.75) is 184 Å². The summed E-state index contributed by atoms with van der Waals surface area (Å²) in [5.41, 5.74) is 14.5. The SMILES string of the molecule is COc1c(C)cc2c(c1O)[C@@H]1C3=Cc4c(O)c(C)c5c(c4[C@H](CO)N3C(=O)[C@H](C2)N1C)OCO5.COc1c(C)cc2c(c1O)[C@@H]1C3Cc4c(O)c(C)c5c(c4[C@H](CO)N3C(=O)[C@H](C2)N1C)OCO5.COc1c(C)cc2c(c1O)[C@@H]1[C@H]3C(=O)c4c(O)c(C)c5c(c4[C@H](CO)N3C(=O)[C@H](C2)N1C)OCO5.COc1c(C)cc2c(c1O)[C@@H]1[C@H]3C(O)c4c(O)c(C)c5c(c4[C@H](CO)N3C(=O)[C@H](C2)N1C)OCO5. The molecule has 4 amide bonds. The number of piperazine rings is 4. The maximum atomic E-state index is 14.1. The van der Waals surface area contributed by atoms with Crippen molar-refractivity contribution >= 4 is 35.5 Å². The van der Waals surface area contributed by atoms with Crippen molar-refractivity contribution < 1.29 is 147 Å². The minimum atomic E-state index is -1.32. The quantitative estimate of drug-likeness (QED) is 0.0730. The van der Waals surface area contributed by atoms with Gasteiger partial charge in [-0.25, -0.2) is 0 Å². The molecule has 0 spiro atoms. The van der Waals surface area contributed by atoms with Gasteiger partial charge in [-0.3, -0.25) is 43.6 Å². The molecule has 13 N–H and O–H groups in total. The lowest BCUT2D eigenvalue weighted by Crippen LogP contribution is -2.68. The molecule has 8 bridgehead atoms. The van der Waals surface area contributed by atoms with Gasteiger partial charge in [0.2, 0.25) is 50.8 Å². The topological polar surface area (TPSA) is 485 Å². The van der Waals surface area contributed by atoms with Gasteiger partial charge in [0.25, 0.3) is 0 Å². The highest BCUT2D eigenvalue weighted by Crippen LogP contribution is 2.66. The van der Waals surface area contributed by atoms with Crippen molar-refractivity contribution in [1.29, 1.82) is 0 Å². The molecular formula is C100H108N8O30. The van der Waals surface area contributed by atoms with Gasteiger partial charge in [-0.1, -0.05) is 24.3 Å². The fourth-order valence-electron chi connectivity index (χ4n) is 25.8. The van der Waals surface area contributed by atoms with Gasteiger partial charge in [0.05, 0.1) is 145 Å². The fraction of sp³-hybridized carbons (Fsp3) is 0.450. The van der Waals surface area contributed by atoms with Crippen LogP contribution in [0.25, 0.3) is 6.08 Å². The number of carbonyl (C=O) groups is 5. The van der Waals surface area contributed by atoms with Crippen LogP contribution in [-0.4, -0.2) is 288 Å². The number of amides is 4. The van der Waals surface area contributed by atoms with Crippen LogP contribution in [0, 0.1) is 55.4 Å². The van der Waals surface area contributed by atoms with Crippen LogP contribution in [0.3, 0.4) is 0 Å². The molecule has 8 aromatic rings. The number of aromatic hydroxyl groups is 8. The second-order valence-corrected chi connectivity index (χ2v) is 38.2. The lowest BCUT2D eigenvalue weighted by atomic mass is 9.72. The standard InChI is InChI=1S/C25H28N2O8.C25H26N2O8.C25H28N2O7.C25H26N2O7/c2*1-9-5-11-6-12-25(32)27-13(7-28)15-16(19(29)10(2)23-24(15)35-8-34-23)20(30)18(27)17(26(12)3)14(11)21(31)22(9)33-4;2*1-10-5-12-6-15-25(31)27-14(19(26(15)3)17(12)21(30)22(10)32-4)7-13-18(16(27)8-28)24-23(33-9-34-24)11(2)20(13)29/h5,12-13,17-18,20,28-31H,6-8H2,1-4H3;5,12-13,17-18,28-29,31H,6-8H2,1-4H3;5,14-16,19,28-30H,6-9H2,1-4H3;5,7,15-16,19,28-30H,6,8-9H2,1-4H3/t12-,13-,17+,18-,20?;12-,13-,17+,18-;14?,15-,16-,19-;15-,16-,19-/m0000/s1. The van der Waals surface area contributed by atoms with Crippen LogP contribution in [0.15, 0.2) is 30.0 Å². The van der Waals surface area contributed by atoms with Crippen molar-refractivity contribution in [3.05, 3.63) is 163 Å². The Morgan fingerprint density at radius 2 is 0.710 bits per heavy atom. The van der Waals surface area contributed by atoms with E-state index in [4.69, 9.17) is 56.8 Å². The number of aliphatic hydroxyl groups is 5. The van der Waals surface area contributed by atoms with E-state index in [1.54, 1.807) is 62.6 Å². The van der Waals surface area contributed by atoms with Crippen LogP contribution in [0.1, 0.15) is 193 Å². The molecule has 0 saturated carbocycles. The highest BCUT2D eigenvalue weighted by Gasteiger charge is 2.64. The van der Waals surface area contributed by atoms with Crippen molar-refractivity contribution in [2.75, 3.05) is 110 Å². The van der Waals surface area contributed by atoms with Gasteiger partial charge in [0.1, 0.15) is 35.1 Å². The van der Waals surface area contributed by atoms with Crippen molar-refractivity contribution in [2.24, 2.45) is 0 Å². The minimum absolute atomic E-state index is 0.00309. The molecule has 0 aromatic heterocycles. The van der Waals surface area contributed by atoms with E-state index in [1.165, 1.54) is 38.2 Å². The number of Topliss-reactive ketones (excluding diaryl/α,β-unsaturated/α-hetero) is 1. The molecular weight excluding hydrogens is 1790 g/mol. The molecule has 0 radical (unpaired) electrons. The molecule has 16 aliphatic heterocycles. The van der Waals surface area contributed by atoms with E-state index in [9.17, 15) is 90.4 Å². The summed E-state index contributed by atoms with van der Waals surface area (Å²) < 4.78 is 67.0.